The topological polar surface area (TPSA) is 80.4 Å². The molecule has 0 N–H and O–H groups in total. The number of fused-ring (bicyclic) bond motifs is 1. The van der Waals surface area contributed by atoms with E-state index in [2.05, 4.69) is 42.3 Å². The Balaban J connectivity index is 1.43. The molecule has 3 heterocycles. The van der Waals surface area contributed by atoms with Crippen molar-refractivity contribution in [3.63, 3.8) is 0 Å². The summed E-state index contributed by atoms with van der Waals surface area (Å²) in [5.74, 6) is 2.79. The normalized spacial score (nSPS) is 14.3. The van der Waals surface area contributed by atoms with Gasteiger partial charge in [0.2, 0.25) is 5.89 Å². The number of rotatable bonds is 5. The van der Waals surface area contributed by atoms with Crippen molar-refractivity contribution in [2.24, 2.45) is 0 Å². The van der Waals surface area contributed by atoms with Gasteiger partial charge in [0.1, 0.15) is 5.75 Å². The van der Waals surface area contributed by atoms with Crippen molar-refractivity contribution in [2.75, 3.05) is 43.1 Å². The first-order valence-electron chi connectivity index (χ1n) is 10.5. The van der Waals surface area contributed by atoms with Gasteiger partial charge in [-0.25, -0.2) is 0 Å². The predicted octanol–water partition coefficient (Wildman–Crippen LogP) is 3.58. The summed E-state index contributed by atoms with van der Waals surface area (Å²) in [7, 11) is 1.71. The first-order valence-corrected chi connectivity index (χ1v) is 10.5. The van der Waals surface area contributed by atoms with Gasteiger partial charge in [-0.1, -0.05) is 43.3 Å². The molecule has 5 rings (SSSR count). The van der Waals surface area contributed by atoms with Gasteiger partial charge in [-0.3, -0.25) is 0 Å². The highest BCUT2D eigenvalue weighted by Crippen LogP contribution is 2.33. The number of para-hydroxylation sites is 2. The Labute approximate surface area is 180 Å². The zero-order valence-electron chi connectivity index (χ0n) is 17.7. The highest BCUT2D eigenvalue weighted by atomic mass is 16.5. The molecule has 1 fully saturated rings. The van der Waals surface area contributed by atoms with E-state index in [1.807, 2.05) is 43.3 Å². The molecule has 1 aliphatic heterocycles. The lowest BCUT2D eigenvalue weighted by Crippen LogP contribution is -2.47. The van der Waals surface area contributed by atoms with Crippen molar-refractivity contribution in [2.45, 2.75) is 13.3 Å². The second kappa shape index (κ2) is 8.22. The van der Waals surface area contributed by atoms with Crippen LogP contribution in [0.3, 0.4) is 0 Å². The van der Waals surface area contributed by atoms with Gasteiger partial charge in [0.05, 0.1) is 12.8 Å². The highest BCUT2D eigenvalue weighted by Gasteiger charge is 2.24. The molecule has 0 radical (unpaired) electrons. The number of anilines is 2. The summed E-state index contributed by atoms with van der Waals surface area (Å²) in [6.45, 7) is 5.42. The van der Waals surface area contributed by atoms with Crippen LogP contribution in [-0.4, -0.2) is 53.7 Å². The molecule has 0 atom stereocenters. The average Bonchev–Trinajstić information content (AvgIpc) is 3.32. The van der Waals surface area contributed by atoms with Crippen molar-refractivity contribution < 1.29 is 9.15 Å². The van der Waals surface area contributed by atoms with Crippen molar-refractivity contribution >= 4 is 22.3 Å². The van der Waals surface area contributed by atoms with Crippen LogP contribution < -0.4 is 14.5 Å². The van der Waals surface area contributed by atoms with E-state index in [-0.39, 0.29) is 0 Å². The molecule has 0 saturated carbocycles. The average molecular weight is 416 g/mol. The number of aryl methyl sites for hydroxylation is 1. The van der Waals surface area contributed by atoms with Crippen LogP contribution in [0.1, 0.15) is 12.8 Å². The fourth-order valence-electron chi connectivity index (χ4n) is 4.02. The quantitative estimate of drug-likeness (QED) is 0.488. The highest BCUT2D eigenvalue weighted by molar-refractivity contribution is 5.99. The van der Waals surface area contributed by atoms with E-state index in [4.69, 9.17) is 9.15 Å². The molecule has 158 valence electrons. The largest absolute Gasteiger partial charge is 0.495 e. The van der Waals surface area contributed by atoms with Gasteiger partial charge in [-0.05, 0) is 12.1 Å². The lowest BCUT2D eigenvalue weighted by Gasteiger charge is -2.37. The molecule has 31 heavy (non-hydrogen) atoms. The molecule has 4 aromatic rings. The maximum absolute atomic E-state index is 5.74. The number of benzene rings is 2. The summed E-state index contributed by atoms with van der Waals surface area (Å²) in [6, 6.07) is 16.3. The number of hydrogen-bond donors (Lipinski definition) is 0. The number of methoxy groups -OCH3 is 1. The number of nitrogens with zero attached hydrogens (tertiary/aromatic N) is 6. The third-order valence-corrected chi connectivity index (χ3v) is 5.64. The van der Waals surface area contributed by atoms with E-state index < -0.39 is 0 Å². The molecule has 2 aromatic carbocycles. The second-order valence-electron chi connectivity index (χ2n) is 7.42. The molecule has 1 saturated heterocycles. The Morgan fingerprint density at radius 3 is 2.29 bits per heavy atom. The third-order valence-electron chi connectivity index (χ3n) is 5.64. The molecular weight excluding hydrogens is 392 g/mol. The summed E-state index contributed by atoms with van der Waals surface area (Å²) >= 11 is 0. The monoisotopic (exact) mass is 416 g/mol. The van der Waals surface area contributed by atoms with E-state index in [0.717, 1.165) is 54.2 Å². The molecule has 0 bridgehead atoms. The molecular formula is C23H24N6O2. The van der Waals surface area contributed by atoms with Crippen LogP contribution in [0.2, 0.25) is 0 Å². The van der Waals surface area contributed by atoms with E-state index in [1.165, 1.54) is 0 Å². The minimum absolute atomic E-state index is 0.410. The first kappa shape index (κ1) is 19.3. The van der Waals surface area contributed by atoms with E-state index in [0.29, 0.717) is 23.9 Å². The van der Waals surface area contributed by atoms with Gasteiger partial charge in [0, 0.05) is 43.4 Å². The minimum atomic E-state index is 0.410. The molecule has 1 aliphatic rings. The zero-order chi connectivity index (χ0) is 21.2. The number of piperazine rings is 1. The van der Waals surface area contributed by atoms with Gasteiger partial charge in [0.25, 0.3) is 5.89 Å². The fourth-order valence-corrected chi connectivity index (χ4v) is 4.02. The van der Waals surface area contributed by atoms with Crippen LogP contribution in [0, 0.1) is 0 Å². The van der Waals surface area contributed by atoms with Gasteiger partial charge < -0.3 is 19.0 Å². The molecule has 0 spiro atoms. The summed E-state index contributed by atoms with van der Waals surface area (Å²) in [4.78, 5) is 4.64. The van der Waals surface area contributed by atoms with Crippen LogP contribution in [0.5, 0.6) is 5.75 Å². The van der Waals surface area contributed by atoms with Crippen LogP contribution in [0.15, 0.2) is 52.9 Å². The summed E-state index contributed by atoms with van der Waals surface area (Å²) in [6.07, 6.45) is 0.687. The van der Waals surface area contributed by atoms with Crippen LogP contribution in [-0.2, 0) is 6.42 Å². The van der Waals surface area contributed by atoms with Crippen molar-refractivity contribution in [1.29, 1.82) is 0 Å². The Kier molecular flexibility index (Phi) is 5.11. The number of hydrogen-bond acceptors (Lipinski definition) is 8. The van der Waals surface area contributed by atoms with Crippen molar-refractivity contribution in [1.82, 2.24) is 20.4 Å². The van der Waals surface area contributed by atoms with Gasteiger partial charge in [0.15, 0.2) is 11.5 Å². The summed E-state index contributed by atoms with van der Waals surface area (Å²) < 4.78 is 11.3. The standard InChI is InChI=1S/C23H24N6O2/c1-3-20-24-27-23(31-20)21-16-8-4-5-9-17(16)22(26-25-21)29-14-12-28(13-15-29)18-10-6-7-11-19(18)30-2/h4-11H,3,12-15H2,1-2H3. The second-order valence-corrected chi connectivity index (χ2v) is 7.42. The number of aromatic nitrogens is 4. The summed E-state index contributed by atoms with van der Waals surface area (Å²) in [5.41, 5.74) is 1.75. The SMILES string of the molecule is CCc1nnc(-c2nnc(N3CCN(c4ccccc4OC)CC3)c3ccccc23)o1. The molecule has 8 nitrogen and oxygen atoms in total. The molecule has 8 heteroatoms. The van der Waals surface area contributed by atoms with Crippen LogP contribution in [0.25, 0.3) is 22.4 Å². The Hall–Kier alpha value is -3.68. The van der Waals surface area contributed by atoms with E-state index >= 15 is 0 Å². The molecule has 0 unspecified atom stereocenters. The predicted molar refractivity (Wildman–Crippen MR) is 120 cm³/mol. The Morgan fingerprint density at radius 2 is 1.55 bits per heavy atom. The van der Waals surface area contributed by atoms with Gasteiger partial charge in [-0.15, -0.1) is 20.4 Å². The zero-order valence-corrected chi connectivity index (χ0v) is 17.7. The lowest BCUT2D eigenvalue weighted by atomic mass is 10.1. The van der Waals surface area contributed by atoms with Crippen molar-refractivity contribution in [3.05, 3.63) is 54.4 Å². The molecule has 0 aliphatic carbocycles. The fraction of sp³-hybridized carbons (Fsp3) is 0.304. The lowest BCUT2D eigenvalue weighted by molar-refractivity contribution is 0.413. The van der Waals surface area contributed by atoms with Crippen molar-refractivity contribution in [3.8, 4) is 17.3 Å². The van der Waals surface area contributed by atoms with E-state index in [1.54, 1.807) is 7.11 Å². The third kappa shape index (κ3) is 3.54. The van der Waals surface area contributed by atoms with Crippen LogP contribution >= 0.6 is 0 Å². The van der Waals surface area contributed by atoms with Gasteiger partial charge >= 0.3 is 0 Å². The first-order chi connectivity index (χ1) is 15.3. The maximum atomic E-state index is 5.74. The maximum Gasteiger partial charge on any atom is 0.268 e. The molecule has 2 aromatic heterocycles. The van der Waals surface area contributed by atoms with Gasteiger partial charge in [-0.2, -0.15) is 0 Å². The van der Waals surface area contributed by atoms with E-state index in [9.17, 15) is 0 Å². The summed E-state index contributed by atoms with van der Waals surface area (Å²) in [5, 5.41) is 19.3. The smallest absolute Gasteiger partial charge is 0.268 e. The minimum Gasteiger partial charge on any atom is -0.495 e. The van der Waals surface area contributed by atoms with Crippen LogP contribution in [0.4, 0.5) is 11.5 Å². The molecule has 0 amide bonds. The Morgan fingerprint density at radius 1 is 0.839 bits per heavy atom. The number of ether oxygens (including phenoxy) is 1. The Bertz CT molecular complexity index is 1200.